The number of carbonyl (C=O) groups is 2. The highest BCUT2D eigenvalue weighted by Gasteiger charge is 2.17. The van der Waals surface area contributed by atoms with Crippen LogP contribution in [0.5, 0.6) is 0 Å². The van der Waals surface area contributed by atoms with Gasteiger partial charge in [-0.2, -0.15) is 0 Å². The van der Waals surface area contributed by atoms with Gasteiger partial charge in [0, 0.05) is 11.1 Å². The number of aliphatic hydroxyl groups is 1. The van der Waals surface area contributed by atoms with Gasteiger partial charge in [0.15, 0.2) is 6.54 Å². The Morgan fingerprint density at radius 2 is 1.02 bits per heavy atom. The average molecular weight is 601 g/mol. The molecule has 0 heterocycles. The minimum absolute atomic E-state index is 0.0299. The molecule has 0 aliphatic rings. The van der Waals surface area contributed by atoms with Crippen molar-refractivity contribution in [3.63, 3.8) is 0 Å². The Bertz CT molecular complexity index is 757. The van der Waals surface area contributed by atoms with Gasteiger partial charge in [-0.15, -0.1) is 0 Å². The van der Waals surface area contributed by atoms with E-state index in [1.54, 1.807) is 13.8 Å². The zero-order valence-corrected chi connectivity index (χ0v) is 28.3. The maximum Gasteiger partial charge on any atom is 0.333 e. The quantitative estimate of drug-likeness (QED) is 0.0407. The van der Waals surface area contributed by atoms with Gasteiger partial charge in [0.2, 0.25) is 0 Å². The van der Waals surface area contributed by atoms with Crippen molar-refractivity contribution in [3.05, 3.63) is 24.3 Å². The van der Waals surface area contributed by atoms with E-state index in [0.29, 0.717) is 28.8 Å². The van der Waals surface area contributed by atoms with E-state index in [0.717, 1.165) is 6.42 Å². The van der Waals surface area contributed by atoms with E-state index < -0.39 is 13.7 Å². The Morgan fingerprint density at radius 1 is 0.683 bits per heavy atom. The first-order valence-corrected chi connectivity index (χ1v) is 17.2. The first kappa shape index (κ1) is 41.6. The van der Waals surface area contributed by atoms with Crippen molar-refractivity contribution in [1.82, 2.24) is 0 Å². The lowest BCUT2D eigenvalue weighted by Gasteiger charge is -2.22. The summed E-state index contributed by atoms with van der Waals surface area (Å²) in [5.41, 5.74) is 0.755. The number of aliphatic hydroxyl groups excluding tert-OH is 1. The second-order valence-electron chi connectivity index (χ2n) is 12.1. The summed E-state index contributed by atoms with van der Waals surface area (Å²) in [6, 6.07) is 0. The minimum Gasteiger partial charge on any atom is -0.628 e. The van der Waals surface area contributed by atoms with Gasteiger partial charge in [-0.25, -0.2) is 9.59 Å². The Balaban J connectivity index is 0. The highest BCUT2D eigenvalue weighted by molar-refractivity contribution is 7.51. The SMILES string of the molecule is C=C(C)C(=O)OCC/[P+]([O-])=C(\O)C[N+](C)(C)C.C=C(C)C(=O)OCCCCCCCCCCCCCCCCCC. The summed E-state index contributed by atoms with van der Waals surface area (Å²) in [6.45, 7) is 13.4. The molecule has 0 aliphatic carbocycles. The molecule has 0 radical (unpaired) electrons. The number of hydrogen-bond donors (Lipinski definition) is 1. The van der Waals surface area contributed by atoms with E-state index in [2.05, 4.69) is 20.1 Å². The fourth-order valence-electron chi connectivity index (χ4n) is 3.91. The van der Waals surface area contributed by atoms with E-state index in [4.69, 9.17) is 9.47 Å². The number of likely N-dealkylation sites (N-methyl/N-ethyl adjacent to an activating group) is 1. The molecule has 41 heavy (non-hydrogen) atoms. The van der Waals surface area contributed by atoms with Crippen LogP contribution in [0.4, 0.5) is 0 Å². The molecule has 1 N–H and O–H groups in total. The molecule has 0 aromatic heterocycles. The number of hydrogen-bond acceptors (Lipinski definition) is 5. The van der Waals surface area contributed by atoms with E-state index in [9.17, 15) is 19.6 Å². The number of unbranched alkanes of at least 4 members (excludes halogenated alkanes) is 15. The highest BCUT2D eigenvalue weighted by Crippen LogP contribution is 2.15. The Morgan fingerprint density at radius 3 is 1.37 bits per heavy atom. The van der Waals surface area contributed by atoms with Crippen LogP contribution in [0.1, 0.15) is 124 Å². The minimum atomic E-state index is -1.86. The molecule has 0 aromatic carbocycles. The first-order chi connectivity index (χ1) is 19.3. The molecule has 0 fully saturated rings. The third-order valence-corrected chi connectivity index (χ3v) is 7.67. The van der Waals surface area contributed by atoms with Crippen LogP contribution in [0.25, 0.3) is 0 Å². The smallest absolute Gasteiger partial charge is 0.333 e. The molecule has 8 heteroatoms. The number of esters is 2. The van der Waals surface area contributed by atoms with Crippen LogP contribution in [-0.4, -0.2) is 74.1 Å². The summed E-state index contributed by atoms with van der Waals surface area (Å²) in [5.74, 6) is -0.754. The monoisotopic (exact) mass is 600 g/mol. The van der Waals surface area contributed by atoms with Crippen LogP contribution < -0.4 is 4.89 Å². The van der Waals surface area contributed by atoms with Crippen molar-refractivity contribution >= 4 is 25.2 Å². The lowest BCUT2D eigenvalue weighted by molar-refractivity contribution is -0.861. The van der Waals surface area contributed by atoms with Gasteiger partial charge in [0.25, 0.3) is 5.48 Å². The number of carbonyl (C=O) groups excluding carboxylic acids is 2. The second kappa shape index (κ2) is 27.3. The standard InChI is InChI=1S/C22H42O2.C11H20NO4P/c1-4-5-6-7-8-9-10-11-12-13-14-15-16-17-18-19-20-24-22(23)21(2)3;1-9(2)11(14)16-6-7-17(15)10(13)8-12(3,4)5/h2,4-20H2,1,3H3;1,6-8H2,2-5H3/p+1. The topological polar surface area (TPSA) is 95.9 Å². The molecule has 0 spiro atoms. The van der Waals surface area contributed by atoms with Crippen molar-refractivity contribution in [2.45, 2.75) is 124 Å². The summed E-state index contributed by atoms with van der Waals surface area (Å²) in [7, 11) is 3.81. The fourth-order valence-corrected chi connectivity index (χ4v) is 5.01. The molecule has 0 saturated carbocycles. The number of rotatable bonds is 24. The largest absolute Gasteiger partial charge is 0.628 e. The summed E-state index contributed by atoms with van der Waals surface area (Å²) in [5, 5.41) is 9.59. The summed E-state index contributed by atoms with van der Waals surface area (Å²) in [6.07, 6.45) is 21.9. The van der Waals surface area contributed by atoms with Crippen LogP contribution in [0, 0.1) is 0 Å². The summed E-state index contributed by atoms with van der Waals surface area (Å²) in [4.78, 5) is 33.8. The van der Waals surface area contributed by atoms with Gasteiger partial charge in [0.1, 0.15) is 12.8 Å². The first-order valence-electron chi connectivity index (χ1n) is 15.8. The van der Waals surface area contributed by atoms with Crippen LogP contribution in [-0.2, 0) is 19.1 Å². The van der Waals surface area contributed by atoms with Gasteiger partial charge in [-0.05, 0) is 20.3 Å². The molecule has 0 aromatic rings. The van der Waals surface area contributed by atoms with E-state index in [1.165, 1.54) is 96.3 Å². The fraction of sp³-hybridized carbons (Fsp3) is 0.788. The molecule has 7 nitrogen and oxygen atoms in total. The van der Waals surface area contributed by atoms with Gasteiger partial charge >= 0.3 is 11.9 Å². The molecule has 0 aliphatic heterocycles. The van der Waals surface area contributed by atoms with Crippen molar-refractivity contribution in [2.24, 2.45) is 0 Å². The lowest BCUT2D eigenvalue weighted by Crippen LogP contribution is -2.39. The molecular weight excluding hydrogens is 537 g/mol. The Kier molecular flexibility index (Phi) is 27.7. The third kappa shape index (κ3) is 31.2. The molecule has 1 unspecified atom stereocenters. The van der Waals surface area contributed by atoms with Crippen LogP contribution in [0.3, 0.4) is 0 Å². The number of nitrogens with zero attached hydrogens (tertiary/aromatic N) is 1. The third-order valence-electron chi connectivity index (χ3n) is 6.36. The van der Waals surface area contributed by atoms with Crippen molar-refractivity contribution < 1.29 is 33.5 Å². The number of ether oxygens (including phenoxy) is 2. The molecule has 1 atom stereocenters. The second-order valence-corrected chi connectivity index (χ2v) is 13.8. The predicted molar refractivity (Wildman–Crippen MR) is 173 cm³/mol. The average Bonchev–Trinajstić information content (AvgIpc) is 2.89. The lowest BCUT2D eigenvalue weighted by atomic mass is 10.0. The highest BCUT2D eigenvalue weighted by atomic mass is 31.1. The maximum atomic E-state index is 11.6. The van der Waals surface area contributed by atoms with Crippen LogP contribution in [0.15, 0.2) is 24.3 Å². The predicted octanol–water partition coefficient (Wildman–Crippen LogP) is 7.44. The van der Waals surface area contributed by atoms with E-state index in [1.807, 2.05) is 21.1 Å². The van der Waals surface area contributed by atoms with Crippen LogP contribution >= 0.6 is 7.77 Å². The Hall–Kier alpha value is -1.53. The van der Waals surface area contributed by atoms with Crippen molar-refractivity contribution in [2.75, 3.05) is 47.1 Å². The normalized spacial score (nSPS) is 11.7. The molecule has 0 amide bonds. The van der Waals surface area contributed by atoms with Gasteiger partial charge < -0.3 is 24.0 Å². The van der Waals surface area contributed by atoms with Crippen LogP contribution in [0.2, 0.25) is 0 Å². The maximum absolute atomic E-state index is 11.6. The number of quaternary nitrogens is 1. The van der Waals surface area contributed by atoms with E-state index >= 15 is 0 Å². The van der Waals surface area contributed by atoms with E-state index in [-0.39, 0.29) is 24.2 Å². The zero-order chi connectivity index (χ0) is 31.5. The summed E-state index contributed by atoms with van der Waals surface area (Å²) >= 11 is 0. The molecule has 240 valence electrons. The molecule has 0 rings (SSSR count). The van der Waals surface area contributed by atoms with Crippen molar-refractivity contribution in [3.8, 4) is 0 Å². The molecular formula is C33H63NO6P+. The molecule has 0 saturated heterocycles. The Labute approximate surface area is 253 Å². The zero-order valence-electron chi connectivity index (χ0n) is 27.4. The van der Waals surface area contributed by atoms with Crippen molar-refractivity contribution in [1.29, 1.82) is 0 Å². The van der Waals surface area contributed by atoms with Gasteiger partial charge in [0.05, 0.1) is 35.5 Å². The summed E-state index contributed by atoms with van der Waals surface area (Å²) < 4.78 is 10.4. The van der Waals surface area contributed by atoms with Gasteiger partial charge in [-0.1, -0.05) is 116 Å². The van der Waals surface area contributed by atoms with Gasteiger partial charge in [-0.3, -0.25) is 0 Å². The molecule has 0 bridgehead atoms.